The maximum absolute atomic E-state index is 12.3. The largest absolute Gasteiger partial charge is 0.485 e. The molecule has 7 heterocycles. The van der Waals surface area contributed by atoms with Crippen molar-refractivity contribution in [2.24, 2.45) is 0 Å². The minimum absolute atomic E-state index is 0.0191. The van der Waals surface area contributed by atoms with Crippen LogP contribution < -0.4 is 24.0 Å². The van der Waals surface area contributed by atoms with E-state index in [1.165, 1.54) is 41.4 Å². The minimum atomic E-state index is -0.820. The highest BCUT2D eigenvalue weighted by atomic mass is 35.5. The summed E-state index contributed by atoms with van der Waals surface area (Å²) in [6.07, 6.45) is 10.8. The second-order valence-electron chi connectivity index (χ2n) is 25.1. The summed E-state index contributed by atoms with van der Waals surface area (Å²) < 4.78 is 24.9. The minimum Gasteiger partial charge on any atom is -0.485 e. The van der Waals surface area contributed by atoms with Gasteiger partial charge in [0.15, 0.2) is 29.7 Å². The number of carbonyl (C=O) groups excluding carboxylic acids is 12. The number of rotatable bonds is 12. The third-order valence-electron chi connectivity index (χ3n) is 17.6. The SMILES string of the molecule is C=CC(=O)N1CCC(=O)c2cc(Cl)ccc21.C=CC(=O)OC1Sc2ccc(Cl)cc2C1=O.C=CC(=O)OC1Sc2ccc3ccccc3c2C1=O.C=CC(=O)Oc1ccc2c(c1)C(=O)CS2.C=CC(=O)Oc1ccc2c3c(ccc2c1)OCC3=O.C=CCC1(C)Sc2ccccc2C1=O.C=CN1CCC(=O)c2cc(C)ccc21. The molecule has 0 radical (unpaired) electrons. The number of benzene rings is 9. The van der Waals surface area contributed by atoms with Crippen molar-refractivity contribution in [1.29, 1.82) is 0 Å². The molecule has 3 atom stereocenters. The lowest BCUT2D eigenvalue weighted by molar-refractivity contribution is -0.138. The van der Waals surface area contributed by atoms with E-state index in [1.807, 2.05) is 110 Å². The quantitative estimate of drug-likeness (QED) is 0.0476. The van der Waals surface area contributed by atoms with Gasteiger partial charge in [-0.25, -0.2) is 19.2 Å². The summed E-state index contributed by atoms with van der Waals surface area (Å²) in [6.45, 7) is 29.4. The smallest absolute Gasteiger partial charge is 0.335 e. The Hall–Kier alpha value is -11.7. The van der Waals surface area contributed by atoms with Gasteiger partial charge < -0.3 is 33.5 Å². The Kier molecular flexibility index (Phi) is 28.2. The van der Waals surface area contributed by atoms with Gasteiger partial charge in [0.05, 0.1) is 27.4 Å². The van der Waals surface area contributed by atoms with Crippen LogP contribution in [0.3, 0.4) is 0 Å². The van der Waals surface area contributed by atoms with E-state index < -0.39 is 34.7 Å². The van der Waals surface area contributed by atoms with Gasteiger partial charge in [-0.3, -0.25) is 38.4 Å². The summed E-state index contributed by atoms with van der Waals surface area (Å²) in [5, 5.41) is 4.52. The molecular weight excluding hydrogens is 1560 g/mol. The Labute approximate surface area is 677 Å². The first-order valence-corrected chi connectivity index (χ1v) is 38.9. The Balaban J connectivity index is 0.000000140. The van der Waals surface area contributed by atoms with Crippen molar-refractivity contribution >= 4 is 173 Å². The third-order valence-corrected chi connectivity index (χ3v) is 22.8. The number of allylic oxidation sites excluding steroid dienone is 1. The van der Waals surface area contributed by atoms with Crippen LogP contribution in [0.1, 0.15) is 104 Å². The molecule has 25 heteroatoms. The number of aryl methyl sites for hydroxylation is 1. The van der Waals surface area contributed by atoms with Crippen molar-refractivity contribution in [2.75, 3.05) is 35.2 Å². The third kappa shape index (κ3) is 20.0. The second kappa shape index (κ2) is 38.0. The normalized spacial score (nSPS) is 16.4. The molecule has 0 fully saturated rings. The van der Waals surface area contributed by atoms with Crippen LogP contribution in [0.2, 0.25) is 10.0 Å². The van der Waals surface area contributed by atoms with Crippen molar-refractivity contribution in [3.05, 3.63) is 307 Å². The number of nitrogens with zero attached hydrogens (tertiary/aromatic N) is 2. The molecule has 0 N–H and O–H groups in total. The van der Waals surface area contributed by atoms with Crippen LogP contribution in [-0.2, 0) is 33.4 Å². The highest BCUT2D eigenvalue weighted by Crippen LogP contribution is 2.47. The monoisotopic (exact) mass is 1620 g/mol. The van der Waals surface area contributed by atoms with Crippen molar-refractivity contribution in [2.45, 2.75) is 68.3 Å². The number of anilines is 2. The molecule has 7 aliphatic heterocycles. The number of carbonyl (C=O) groups is 12. The van der Waals surface area contributed by atoms with Gasteiger partial charge in [-0.15, -0.1) is 30.1 Å². The average molecular weight is 1630 g/mol. The highest BCUT2D eigenvalue weighted by molar-refractivity contribution is 8.02. The van der Waals surface area contributed by atoms with Crippen LogP contribution >= 0.6 is 70.2 Å². The summed E-state index contributed by atoms with van der Waals surface area (Å²) in [6, 6.07) is 49.0. The van der Waals surface area contributed by atoms with E-state index in [1.54, 1.807) is 102 Å². The van der Waals surface area contributed by atoms with Gasteiger partial charge in [-0.1, -0.05) is 159 Å². The van der Waals surface area contributed by atoms with Gasteiger partial charge in [-0.05, 0) is 157 Å². The molecule has 7 aliphatic rings. The number of halogens is 2. The number of hydrogen-bond donors (Lipinski definition) is 0. The lowest BCUT2D eigenvalue weighted by atomic mass is 9.96. The topological polar surface area (TPSA) is 257 Å². The first-order valence-electron chi connectivity index (χ1n) is 34.6. The van der Waals surface area contributed by atoms with Crippen LogP contribution in [0.15, 0.2) is 272 Å². The number of esters is 4. The lowest BCUT2D eigenvalue weighted by Gasteiger charge is -2.27. The van der Waals surface area contributed by atoms with E-state index >= 15 is 0 Å². The van der Waals surface area contributed by atoms with Crippen LogP contribution in [-0.4, -0.2) is 111 Å². The molecule has 0 bridgehead atoms. The standard InChI is InChI=1S/C15H10O4.C15H10O3S.C12H10ClNO2.C12H13NO.C12H12OS.C11H7ClO3S.C11H8O3S/c1-2-14(17)19-10-4-5-11-9(7-10)3-6-13-15(11)12(16)8-18-13;1-2-12(16)18-15-14(17)13-10-6-4-3-5-9(10)7-8-11(13)19-15;1-2-12(16)14-6-5-11(15)9-7-8(13)3-4-10(9)14;1-3-13-7-6-12(14)10-8-9(2)4-5-11(10)13;1-3-8-12(2)11(13)9-6-4-5-7-10(9)14-12;1-2-9(13)15-11-10(14)7-5-6(12)3-4-8(7)16-11;1-2-11(13)14-7-3-4-10-8(5-7)9(12)6-15-10/h2-7H,1,8H2;2-8,15H,1H2;2-4,7H,1,5-6H2;3-5,8H,1,6-7H2,2H3;3-7H,1,8H2,2H3;2-5,11H,1H2;2-5H,1,6H2. The maximum Gasteiger partial charge on any atom is 0.335 e. The number of thioether (sulfide) groups is 4. The number of Topliss-reactive ketones (excluding diaryl/α,β-unsaturated/α-hetero) is 7. The van der Waals surface area contributed by atoms with Gasteiger partial charge in [-0.2, -0.15) is 0 Å². The molecule has 113 heavy (non-hydrogen) atoms. The molecule has 9 aromatic rings. The van der Waals surface area contributed by atoms with Crippen LogP contribution in [0, 0.1) is 6.92 Å². The van der Waals surface area contributed by atoms with E-state index in [4.69, 9.17) is 46.9 Å². The summed E-state index contributed by atoms with van der Waals surface area (Å²) in [5.74, 6) is -0.407. The van der Waals surface area contributed by atoms with Gasteiger partial charge in [0, 0.05) is 113 Å². The molecule has 0 saturated heterocycles. The van der Waals surface area contributed by atoms with Crippen LogP contribution in [0.25, 0.3) is 21.5 Å². The molecule has 1 amide bonds. The molecule has 0 saturated carbocycles. The Bertz CT molecular complexity index is 5500. The predicted molar refractivity (Wildman–Crippen MR) is 443 cm³/mol. The van der Waals surface area contributed by atoms with Crippen molar-refractivity contribution in [1.82, 2.24) is 0 Å². The Morgan fingerprint density at radius 1 is 0.513 bits per heavy atom. The van der Waals surface area contributed by atoms with Gasteiger partial charge in [0.2, 0.25) is 34.1 Å². The fraction of sp³-hybridized carbons (Fsp3) is 0.136. The van der Waals surface area contributed by atoms with Gasteiger partial charge in [0.1, 0.15) is 17.2 Å². The maximum atomic E-state index is 12.3. The number of ketones is 7. The molecule has 3 unspecified atom stereocenters. The molecule has 0 aliphatic carbocycles. The molecular formula is C88H70Cl2N2O17S4. The van der Waals surface area contributed by atoms with Crippen molar-refractivity contribution in [3.63, 3.8) is 0 Å². The number of fused-ring (bicyclic) bond motifs is 11. The summed E-state index contributed by atoms with van der Waals surface area (Å²) in [7, 11) is 0. The fourth-order valence-corrected chi connectivity index (χ4v) is 16.9. The first-order chi connectivity index (χ1) is 54.2. The van der Waals surface area contributed by atoms with E-state index in [9.17, 15) is 57.5 Å². The zero-order valence-electron chi connectivity index (χ0n) is 60.9. The van der Waals surface area contributed by atoms with Crippen molar-refractivity contribution < 1.29 is 81.2 Å². The average Bonchev–Trinajstić information content (AvgIpc) is 1.80. The summed E-state index contributed by atoms with van der Waals surface area (Å²) in [4.78, 5) is 146. The molecule has 0 spiro atoms. The van der Waals surface area contributed by atoms with E-state index in [-0.39, 0.29) is 57.7 Å². The van der Waals surface area contributed by atoms with Crippen LogP contribution in [0.5, 0.6) is 17.2 Å². The van der Waals surface area contributed by atoms with Gasteiger partial charge >= 0.3 is 23.9 Å². The summed E-state index contributed by atoms with van der Waals surface area (Å²) >= 11 is 17.2. The van der Waals surface area contributed by atoms with E-state index in [2.05, 4.69) is 46.1 Å². The second-order valence-corrected chi connectivity index (χ2v) is 30.8. The molecule has 572 valence electrons. The molecule has 16 rings (SSSR count). The summed E-state index contributed by atoms with van der Waals surface area (Å²) in [5.41, 5.74) is 5.69. The first kappa shape index (κ1) is 83.8. The zero-order chi connectivity index (χ0) is 81.4. The van der Waals surface area contributed by atoms with Crippen molar-refractivity contribution in [3.8, 4) is 17.2 Å². The molecule has 19 nitrogen and oxygen atoms in total. The fourth-order valence-electron chi connectivity index (χ4n) is 12.2. The highest BCUT2D eigenvalue weighted by Gasteiger charge is 2.42. The number of hydrogen-bond acceptors (Lipinski definition) is 22. The molecule has 9 aromatic carbocycles. The van der Waals surface area contributed by atoms with Crippen LogP contribution in [0.4, 0.5) is 11.4 Å². The zero-order valence-corrected chi connectivity index (χ0v) is 65.7. The molecule has 0 aromatic heterocycles. The Morgan fingerprint density at radius 3 is 1.76 bits per heavy atom. The van der Waals surface area contributed by atoms with E-state index in [0.29, 0.717) is 85.9 Å². The van der Waals surface area contributed by atoms with E-state index in [0.717, 1.165) is 101 Å². The Morgan fingerprint density at radius 2 is 1.09 bits per heavy atom. The van der Waals surface area contributed by atoms with Gasteiger partial charge in [0.25, 0.3) is 0 Å². The predicted octanol–water partition coefficient (Wildman–Crippen LogP) is 18.7. The number of amides is 1. The lowest BCUT2D eigenvalue weighted by Crippen LogP contribution is -2.36. The number of ether oxygens (including phenoxy) is 5.